The largest absolute Gasteiger partial charge is 0.508 e. The molecular formula is C12H10ClNO4. The standard InChI is InChI=1S/C12H10ClNO4/c13-3-4-14-11(16)9-5-7-1-2-8(15)6-10(7)18-12(9)17/h1-2,5-6,15H,3-4H2,(H,14,16). The van der Waals surface area contributed by atoms with Crippen LogP contribution in [0.1, 0.15) is 10.4 Å². The number of rotatable bonds is 3. The van der Waals surface area contributed by atoms with Gasteiger partial charge in [-0.05, 0) is 18.2 Å². The number of phenolic OH excluding ortho intramolecular Hbond substituents is 1. The summed E-state index contributed by atoms with van der Waals surface area (Å²) in [6.45, 7) is 0.271. The summed E-state index contributed by atoms with van der Waals surface area (Å²) in [6, 6.07) is 5.75. The van der Waals surface area contributed by atoms with Crippen LogP contribution in [0.4, 0.5) is 0 Å². The molecule has 0 unspecified atom stereocenters. The third kappa shape index (κ3) is 2.46. The summed E-state index contributed by atoms with van der Waals surface area (Å²) in [6.07, 6.45) is 0. The van der Waals surface area contributed by atoms with E-state index >= 15 is 0 Å². The molecule has 0 spiro atoms. The number of carbonyl (C=O) groups is 1. The van der Waals surface area contributed by atoms with Gasteiger partial charge in [-0.25, -0.2) is 4.79 Å². The molecule has 0 aliphatic heterocycles. The fourth-order valence-corrected chi connectivity index (χ4v) is 1.61. The molecule has 0 bridgehead atoms. The van der Waals surface area contributed by atoms with Crippen LogP contribution in [0.15, 0.2) is 33.5 Å². The van der Waals surface area contributed by atoms with Crippen LogP contribution in [0.3, 0.4) is 0 Å². The number of fused-ring (bicyclic) bond motifs is 1. The monoisotopic (exact) mass is 267 g/mol. The summed E-state index contributed by atoms with van der Waals surface area (Å²) < 4.78 is 4.97. The molecule has 0 radical (unpaired) electrons. The Kier molecular flexibility index (Phi) is 3.53. The lowest BCUT2D eigenvalue weighted by atomic mass is 10.1. The summed E-state index contributed by atoms with van der Waals surface area (Å²) in [5.74, 6) is -0.275. The van der Waals surface area contributed by atoms with Gasteiger partial charge in [0.05, 0.1) is 0 Å². The minimum Gasteiger partial charge on any atom is -0.508 e. The van der Waals surface area contributed by atoms with Gasteiger partial charge in [0.15, 0.2) is 0 Å². The zero-order valence-electron chi connectivity index (χ0n) is 9.27. The van der Waals surface area contributed by atoms with Crippen molar-refractivity contribution in [1.29, 1.82) is 0 Å². The molecule has 2 rings (SSSR count). The van der Waals surface area contributed by atoms with E-state index in [0.717, 1.165) is 0 Å². The molecule has 5 nitrogen and oxygen atoms in total. The highest BCUT2D eigenvalue weighted by Gasteiger charge is 2.13. The van der Waals surface area contributed by atoms with Gasteiger partial charge in [-0.2, -0.15) is 0 Å². The number of carbonyl (C=O) groups excluding carboxylic acids is 1. The highest BCUT2D eigenvalue weighted by Crippen LogP contribution is 2.19. The number of aromatic hydroxyl groups is 1. The van der Waals surface area contributed by atoms with Gasteiger partial charge in [-0.3, -0.25) is 4.79 Å². The number of nitrogens with one attached hydrogen (secondary N) is 1. The summed E-state index contributed by atoms with van der Waals surface area (Å²) in [7, 11) is 0. The van der Waals surface area contributed by atoms with E-state index in [9.17, 15) is 14.7 Å². The smallest absolute Gasteiger partial charge is 0.349 e. The van der Waals surface area contributed by atoms with Crippen molar-refractivity contribution in [3.8, 4) is 5.75 Å². The lowest BCUT2D eigenvalue weighted by Gasteiger charge is -2.03. The molecule has 0 saturated heterocycles. The van der Waals surface area contributed by atoms with Crippen molar-refractivity contribution in [2.45, 2.75) is 0 Å². The minimum atomic E-state index is -0.750. The van der Waals surface area contributed by atoms with Crippen molar-refractivity contribution >= 4 is 28.5 Å². The highest BCUT2D eigenvalue weighted by molar-refractivity contribution is 6.18. The third-order valence-electron chi connectivity index (χ3n) is 2.34. The van der Waals surface area contributed by atoms with E-state index < -0.39 is 11.5 Å². The van der Waals surface area contributed by atoms with Gasteiger partial charge in [-0.1, -0.05) is 0 Å². The van der Waals surface area contributed by atoms with E-state index in [2.05, 4.69) is 5.32 Å². The summed E-state index contributed by atoms with van der Waals surface area (Å²) in [5, 5.41) is 12.3. The molecule has 0 aliphatic carbocycles. The zero-order valence-corrected chi connectivity index (χ0v) is 10.0. The molecule has 18 heavy (non-hydrogen) atoms. The Hall–Kier alpha value is -2.01. The van der Waals surface area contributed by atoms with Gasteiger partial charge in [0.25, 0.3) is 5.91 Å². The molecule has 1 aromatic carbocycles. The fraction of sp³-hybridized carbons (Fsp3) is 0.167. The second-order valence-electron chi connectivity index (χ2n) is 3.61. The Balaban J connectivity index is 2.46. The van der Waals surface area contributed by atoms with Crippen molar-refractivity contribution in [1.82, 2.24) is 5.32 Å². The highest BCUT2D eigenvalue weighted by atomic mass is 35.5. The van der Waals surface area contributed by atoms with Crippen LogP contribution in [-0.4, -0.2) is 23.4 Å². The van der Waals surface area contributed by atoms with Crippen molar-refractivity contribution in [3.63, 3.8) is 0 Å². The molecule has 0 aliphatic rings. The summed E-state index contributed by atoms with van der Waals surface area (Å²) in [5.41, 5.74) is -0.604. The number of amides is 1. The molecule has 1 amide bonds. The fourth-order valence-electron chi connectivity index (χ4n) is 1.51. The van der Waals surface area contributed by atoms with Crippen LogP contribution in [0.2, 0.25) is 0 Å². The Morgan fingerprint density at radius 2 is 2.17 bits per heavy atom. The molecule has 6 heteroatoms. The Morgan fingerprint density at radius 1 is 1.39 bits per heavy atom. The van der Waals surface area contributed by atoms with E-state index in [1.54, 1.807) is 6.07 Å². The quantitative estimate of drug-likeness (QED) is 0.652. The number of halogens is 1. The van der Waals surface area contributed by atoms with Gasteiger partial charge in [-0.15, -0.1) is 11.6 Å². The van der Waals surface area contributed by atoms with Crippen LogP contribution in [0.25, 0.3) is 11.0 Å². The molecular weight excluding hydrogens is 258 g/mol. The first kappa shape index (κ1) is 12.4. The molecule has 0 saturated carbocycles. The topological polar surface area (TPSA) is 79.5 Å². The number of hydrogen-bond donors (Lipinski definition) is 2. The van der Waals surface area contributed by atoms with Crippen LogP contribution < -0.4 is 10.9 Å². The molecule has 1 aromatic heterocycles. The van der Waals surface area contributed by atoms with Crippen molar-refractivity contribution < 1.29 is 14.3 Å². The first-order chi connectivity index (χ1) is 8.61. The normalized spacial score (nSPS) is 10.5. The average molecular weight is 268 g/mol. The van der Waals surface area contributed by atoms with Crippen molar-refractivity contribution in [2.24, 2.45) is 0 Å². The average Bonchev–Trinajstić information content (AvgIpc) is 2.35. The number of benzene rings is 1. The van der Waals surface area contributed by atoms with E-state index in [-0.39, 0.29) is 29.3 Å². The predicted molar refractivity (Wildman–Crippen MR) is 67.2 cm³/mol. The first-order valence-corrected chi connectivity index (χ1v) is 5.76. The Labute approximate surface area is 107 Å². The second-order valence-corrected chi connectivity index (χ2v) is 3.99. The molecule has 0 fully saturated rings. The number of alkyl halides is 1. The number of phenols is 1. The number of hydrogen-bond acceptors (Lipinski definition) is 4. The predicted octanol–water partition coefficient (Wildman–Crippen LogP) is 1.47. The maximum Gasteiger partial charge on any atom is 0.349 e. The van der Waals surface area contributed by atoms with Crippen LogP contribution in [0.5, 0.6) is 5.75 Å². The Bertz CT molecular complexity index is 650. The molecule has 1 heterocycles. The van der Waals surface area contributed by atoms with E-state index in [0.29, 0.717) is 5.39 Å². The van der Waals surface area contributed by atoms with Gasteiger partial charge < -0.3 is 14.8 Å². The van der Waals surface area contributed by atoms with Gasteiger partial charge >= 0.3 is 5.63 Å². The summed E-state index contributed by atoms with van der Waals surface area (Å²) >= 11 is 5.44. The second kappa shape index (κ2) is 5.10. The minimum absolute atomic E-state index is 0.00927. The zero-order chi connectivity index (χ0) is 13.1. The van der Waals surface area contributed by atoms with Gasteiger partial charge in [0, 0.05) is 23.9 Å². The maximum absolute atomic E-state index is 11.7. The first-order valence-electron chi connectivity index (χ1n) is 5.23. The third-order valence-corrected chi connectivity index (χ3v) is 2.53. The Morgan fingerprint density at radius 3 is 2.89 bits per heavy atom. The molecule has 2 aromatic rings. The molecule has 2 N–H and O–H groups in total. The SMILES string of the molecule is O=C(NCCCl)c1cc2ccc(O)cc2oc1=O. The van der Waals surface area contributed by atoms with Crippen LogP contribution in [0, 0.1) is 0 Å². The van der Waals surface area contributed by atoms with Crippen LogP contribution >= 0.6 is 11.6 Å². The lowest BCUT2D eigenvalue weighted by Crippen LogP contribution is -2.29. The van der Waals surface area contributed by atoms with E-state index in [1.165, 1.54) is 18.2 Å². The van der Waals surface area contributed by atoms with Crippen LogP contribution in [-0.2, 0) is 0 Å². The van der Waals surface area contributed by atoms with Crippen molar-refractivity contribution in [2.75, 3.05) is 12.4 Å². The summed E-state index contributed by atoms with van der Waals surface area (Å²) in [4.78, 5) is 23.3. The van der Waals surface area contributed by atoms with E-state index in [1.807, 2.05) is 0 Å². The van der Waals surface area contributed by atoms with Gasteiger partial charge in [0.1, 0.15) is 16.9 Å². The van der Waals surface area contributed by atoms with Crippen molar-refractivity contribution in [3.05, 3.63) is 40.2 Å². The maximum atomic E-state index is 11.7. The van der Waals surface area contributed by atoms with Gasteiger partial charge in [0.2, 0.25) is 0 Å². The lowest BCUT2D eigenvalue weighted by molar-refractivity contribution is 0.0952. The molecule has 0 atom stereocenters. The van der Waals surface area contributed by atoms with E-state index in [4.69, 9.17) is 16.0 Å². The molecule has 94 valence electrons.